The van der Waals surface area contributed by atoms with Crippen LogP contribution in [-0.2, 0) is 17.1 Å². The second kappa shape index (κ2) is 5.46. The van der Waals surface area contributed by atoms with Crippen molar-refractivity contribution in [3.05, 3.63) is 11.4 Å². The molecule has 0 bridgehead atoms. The molecule has 0 aromatic carbocycles. The summed E-state index contributed by atoms with van der Waals surface area (Å²) in [6.07, 6.45) is 3.84. The van der Waals surface area contributed by atoms with Gasteiger partial charge >= 0.3 is 0 Å². The van der Waals surface area contributed by atoms with Crippen LogP contribution in [0.3, 0.4) is 0 Å². The minimum Gasteiger partial charge on any atom is -0.396 e. The van der Waals surface area contributed by atoms with E-state index in [0.717, 1.165) is 25.7 Å². The molecule has 1 fully saturated rings. The molecule has 1 aromatic heterocycles. The first kappa shape index (κ1) is 15.5. The van der Waals surface area contributed by atoms with E-state index in [0.29, 0.717) is 17.9 Å². The molecule has 0 amide bonds. The van der Waals surface area contributed by atoms with Gasteiger partial charge in [0.25, 0.3) is 0 Å². The molecule has 2 rings (SSSR count). The van der Waals surface area contributed by atoms with Crippen molar-refractivity contribution in [3.63, 3.8) is 0 Å². The molecule has 114 valence electrons. The third-order valence-corrected chi connectivity index (χ3v) is 6.00. The Kier molecular flexibility index (Phi) is 4.22. The predicted octanol–water partition coefficient (Wildman–Crippen LogP) is 0.868. The van der Waals surface area contributed by atoms with E-state index in [1.807, 2.05) is 0 Å². The van der Waals surface area contributed by atoms with Crippen molar-refractivity contribution in [3.8, 4) is 0 Å². The molecule has 0 aliphatic heterocycles. The van der Waals surface area contributed by atoms with Gasteiger partial charge in [0.2, 0.25) is 10.0 Å². The number of aryl methyl sites for hydroxylation is 2. The number of rotatable bonds is 5. The molecule has 7 heteroatoms. The minimum atomic E-state index is -3.58. The monoisotopic (exact) mass is 301 g/mol. The Morgan fingerprint density at radius 1 is 1.35 bits per heavy atom. The van der Waals surface area contributed by atoms with E-state index >= 15 is 0 Å². The number of aliphatic hydroxyl groups excluding tert-OH is 1. The maximum absolute atomic E-state index is 12.5. The number of aromatic nitrogens is 2. The highest BCUT2D eigenvalue weighted by molar-refractivity contribution is 7.89. The molecule has 1 aliphatic rings. The molecular formula is C13H23N3O3S. The van der Waals surface area contributed by atoms with Crippen molar-refractivity contribution in [1.82, 2.24) is 14.5 Å². The smallest absolute Gasteiger partial charge is 0.244 e. The Balaban J connectivity index is 2.19. The summed E-state index contributed by atoms with van der Waals surface area (Å²) in [5, 5.41) is 13.7. The summed E-state index contributed by atoms with van der Waals surface area (Å²) in [5.74, 6) is 0. The zero-order chi connectivity index (χ0) is 15.0. The fourth-order valence-corrected chi connectivity index (χ4v) is 4.57. The summed E-state index contributed by atoms with van der Waals surface area (Å²) >= 11 is 0. The Morgan fingerprint density at radius 3 is 2.40 bits per heavy atom. The van der Waals surface area contributed by atoms with Crippen LogP contribution in [0.25, 0.3) is 0 Å². The van der Waals surface area contributed by atoms with Gasteiger partial charge in [-0.3, -0.25) is 4.68 Å². The van der Waals surface area contributed by atoms with E-state index in [4.69, 9.17) is 0 Å². The third-order valence-electron chi connectivity index (χ3n) is 4.35. The van der Waals surface area contributed by atoms with Crippen molar-refractivity contribution >= 4 is 10.0 Å². The van der Waals surface area contributed by atoms with Gasteiger partial charge in [-0.2, -0.15) is 5.10 Å². The van der Waals surface area contributed by atoms with Gasteiger partial charge in [0, 0.05) is 25.6 Å². The lowest BCUT2D eigenvalue weighted by Crippen LogP contribution is -2.38. The Morgan fingerprint density at radius 2 is 1.95 bits per heavy atom. The van der Waals surface area contributed by atoms with Gasteiger partial charge in [-0.1, -0.05) is 12.8 Å². The highest BCUT2D eigenvalue weighted by atomic mass is 32.2. The first-order valence-electron chi connectivity index (χ1n) is 6.92. The van der Waals surface area contributed by atoms with Gasteiger partial charge in [-0.25, -0.2) is 13.1 Å². The van der Waals surface area contributed by atoms with Crippen LogP contribution in [0.4, 0.5) is 0 Å². The van der Waals surface area contributed by atoms with Gasteiger partial charge in [0.15, 0.2) is 0 Å². The third kappa shape index (κ3) is 2.75. The summed E-state index contributed by atoms with van der Waals surface area (Å²) in [7, 11) is -1.85. The fraction of sp³-hybridized carbons (Fsp3) is 0.769. The molecule has 1 saturated carbocycles. The number of aliphatic hydroxyl groups is 1. The van der Waals surface area contributed by atoms with Crippen LogP contribution in [0, 0.1) is 19.3 Å². The second-order valence-electron chi connectivity index (χ2n) is 5.81. The van der Waals surface area contributed by atoms with Crippen molar-refractivity contribution < 1.29 is 13.5 Å². The van der Waals surface area contributed by atoms with E-state index in [2.05, 4.69) is 9.82 Å². The number of sulfonamides is 1. The van der Waals surface area contributed by atoms with Crippen LogP contribution in [-0.4, -0.2) is 36.5 Å². The number of hydrogen-bond donors (Lipinski definition) is 2. The summed E-state index contributed by atoms with van der Waals surface area (Å²) in [4.78, 5) is 0.256. The molecule has 0 atom stereocenters. The molecular weight excluding hydrogens is 278 g/mol. The molecule has 1 aromatic rings. The summed E-state index contributed by atoms with van der Waals surface area (Å²) < 4.78 is 29.1. The van der Waals surface area contributed by atoms with Gasteiger partial charge in [-0.15, -0.1) is 0 Å². The lowest BCUT2D eigenvalue weighted by atomic mass is 9.88. The van der Waals surface area contributed by atoms with Crippen molar-refractivity contribution in [2.75, 3.05) is 13.2 Å². The molecule has 6 nitrogen and oxygen atoms in total. The van der Waals surface area contributed by atoms with Crippen LogP contribution in [0.1, 0.15) is 37.1 Å². The zero-order valence-corrected chi connectivity index (χ0v) is 13.1. The second-order valence-corrected chi connectivity index (χ2v) is 7.52. The highest BCUT2D eigenvalue weighted by Crippen LogP contribution is 2.37. The lowest BCUT2D eigenvalue weighted by molar-refractivity contribution is 0.134. The molecule has 0 unspecified atom stereocenters. The van der Waals surface area contributed by atoms with Gasteiger partial charge in [-0.05, 0) is 26.7 Å². The molecule has 20 heavy (non-hydrogen) atoms. The van der Waals surface area contributed by atoms with Crippen LogP contribution >= 0.6 is 0 Å². The standard InChI is InChI=1S/C13H23N3O3S/c1-10-12(11(2)16(3)15-10)20(18,19)14-8-13(9-17)6-4-5-7-13/h14,17H,4-9H2,1-3H3. The quantitative estimate of drug-likeness (QED) is 0.845. The maximum atomic E-state index is 12.5. The molecule has 0 radical (unpaired) electrons. The normalized spacial score (nSPS) is 18.6. The Bertz CT molecular complexity index is 586. The minimum absolute atomic E-state index is 0.0283. The predicted molar refractivity (Wildman–Crippen MR) is 75.9 cm³/mol. The summed E-state index contributed by atoms with van der Waals surface area (Å²) in [6, 6.07) is 0. The highest BCUT2D eigenvalue weighted by Gasteiger charge is 2.35. The Hall–Kier alpha value is -0.920. The summed E-state index contributed by atoms with van der Waals surface area (Å²) in [6.45, 7) is 3.75. The number of nitrogens with one attached hydrogen (secondary N) is 1. The van der Waals surface area contributed by atoms with Crippen LogP contribution < -0.4 is 4.72 Å². The van der Waals surface area contributed by atoms with E-state index in [1.165, 1.54) is 0 Å². The van der Waals surface area contributed by atoms with Gasteiger partial charge in [0.1, 0.15) is 4.90 Å². The SMILES string of the molecule is Cc1nn(C)c(C)c1S(=O)(=O)NCC1(CO)CCCC1. The van der Waals surface area contributed by atoms with E-state index < -0.39 is 10.0 Å². The van der Waals surface area contributed by atoms with Crippen molar-refractivity contribution in [2.24, 2.45) is 12.5 Å². The number of nitrogens with zero attached hydrogens (tertiary/aromatic N) is 2. The van der Waals surface area contributed by atoms with Crippen LogP contribution in [0.2, 0.25) is 0 Å². The van der Waals surface area contributed by atoms with Crippen molar-refractivity contribution in [1.29, 1.82) is 0 Å². The largest absolute Gasteiger partial charge is 0.396 e. The van der Waals surface area contributed by atoms with Crippen LogP contribution in [0.5, 0.6) is 0 Å². The Labute approximate surface area is 120 Å². The van der Waals surface area contributed by atoms with Gasteiger partial charge < -0.3 is 5.11 Å². The van der Waals surface area contributed by atoms with Gasteiger partial charge in [0.05, 0.1) is 11.4 Å². The van der Waals surface area contributed by atoms with E-state index in [1.54, 1.807) is 25.6 Å². The molecule has 2 N–H and O–H groups in total. The van der Waals surface area contributed by atoms with Crippen molar-refractivity contribution in [2.45, 2.75) is 44.4 Å². The first-order chi connectivity index (χ1) is 9.31. The summed E-state index contributed by atoms with van der Waals surface area (Å²) in [5.41, 5.74) is 0.832. The maximum Gasteiger partial charge on any atom is 0.244 e. The average Bonchev–Trinajstić information content (AvgIpc) is 2.94. The lowest BCUT2D eigenvalue weighted by Gasteiger charge is -2.26. The average molecular weight is 301 g/mol. The van der Waals surface area contributed by atoms with E-state index in [9.17, 15) is 13.5 Å². The first-order valence-corrected chi connectivity index (χ1v) is 8.40. The molecule has 0 saturated heterocycles. The topological polar surface area (TPSA) is 84.2 Å². The molecule has 1 aliphatic carbocycles. The van der Waals surface area contributed by atoms with Crippen LogP contribution in [0.15, 0.2) is 4.90 Å². The van der Waals surface area contributed by atoms with E-state index in [-0.39, 0.29) is 16.9 Å². The zero-order valence-electron chi connectivity index (χ0n) is 12.3. The molecule has 1 heterocycles. The molecule has 0 spiro atoms. The number of hydrogen-bond acceptors (Lipinski definition) is 4. The fourth-order valence-electron chi connectivity index (χ4n) is 2.98.